The lowest BCUT2D eigenvalue weighted by atomic mass is 10.1. The second-order valence-corrected chi connectivity index (χ2v) is 4.53. The lowest BCUT2D eigenvalue weighted by molar-refractivity contribution is 0.590. The van der Waals surface area contributed by atoms with Crippen molar-refractivity contribution in [2.45, 2.75) is 32.7 Å². The van der Waals surface area contributed by atoms with Gasteiger partial charge in [-0.25, -0.2) is 0 Å². The molecule has 1 heterocycles. The highest BCUT2D eigenvalue weighted by Gasteiger charge is 2.09. The highest BCUT2D eigenvalue weighted by molar-refractivity contribution is 5.57. The predicted octanol–water partition coefficient (Wildman–Crippen LogP) is 2.20. The summed E-state index contributed by atoms with van der Waals surface area (Å²) < 4.78 is 0. The first-order valence-electron chi connectivity index (χ1n) is 5.85. The summed E-state index contributed by atoms with van der Waals surface area (Å²) in [5.74, 6) is 0. The quantitative estimate of drug-likeness (QED) is 0.785. The van der Waals surface area contributed by atoms with Crippen molar-refractivity contribution in [1.82, 2.24) is 5.32 Å². The van der Waals surface area contributed by atoms with Gasteiger partial charge in [0.15, 0.2) is 0 Å². The van der Waals surface area contributed by atoms with E-state index in [1.807, 2.05) is 0 Å². The Morgan fingerprint density at radius 1 is 1.40 bits per heavy atom. The number of nitrogens with one attached hydrogen (secondary N) is 2. The first-order valence-corrected chi connectivity index (χ1v) is 5.85. The minimum atomic E-state index is 0.581. The Morgan fingerprint density at radius 3 is 3.07 bits per heavy atom. The number of fused-ring (bicyclic) bond motifs is 1. The van der Waals surface area contributed by atoms with Crippen molar-refractivity contribution in [1.29, 1.82) is 0 Å². The molecule has 2 nitrogen and oxygen atoms in total. The summed E-state index contributed by atoms with van der Waals surface area (Å²) in [4.78, 5) is 0. The Kier molecular flexibility index (Phi) is 3.27. The molecular formula is C13H20N2. The van der Waals surface area contributed by atoms with Crippen molar-refractivity contribution in [2.75, 3.05) is 18.4 Å². The van der Waals surface area contributed by atoms with Gasteiger partial charge in [-0.15, -0.1) is 0 Å². The van der Waals surface area contributed by atoms with Gasteiger partial charge in [0.1, 0.15) is 0 Å². The van der Waals surface area contributed by atoms with E-state index in [1.54, 1.807) is 0 Å². The second-order valence-electron chi connectivity index (χ2n) is 4.53. The van der Waals surface area contributed by atoms with Gasteiger partial charge in [0.25, 0.3) is 0 Å². The van der Waals surface area contributed by atoms with Gasteiger partial charge in [-0.05, 0) is 36.6 Å². The third kappa shape index (κ3) is 2.72. The third-order valence-electron chi connectivity index (χ3n) is 2.85. The van der Waals surface area contributed by atoms with Gasteiger partial charge in [0, 0.05) is 18.3 Å². The molecule has 0 atom stereocenters. The first kappa shape index (κ1) is 10.5. The molecule has 1 aliphatic heterocycles. The molecule has 2 N–H and O–H groups in total. The van der Waals surface area contributed by atoms with Crippen LogP contribution in [0.1, 0.15) is 25.0 Å². The molecule has 0 unspecified atom stereocenters. The highest BCUT2D eigenvalue weighted by atomic mass is 14.9. The van der Waals surface area contributed by atoms with E-state index in [0.717, 1.165) is 19.5 Å². The molecule has 1 aromatic rings. The van der Waals surface area contributed by atoms with E-state index < -0.39 is 0 Å². The van der Waals surface area contributed by atoms with E-state index in [9.17, 15) is 0 Å². The smallest absolute Gasteiger partial charge is 0.0376 e. The molecule has 0 amide bonds. The monoisotopic (exact) mass is 204 g/mol. The van der Waals surface area contributed by atoms with Crippen molar-refractivity contribution in [3.63, 3.8) is 0 Å². The van der Waals surface area contributed by atoms with Crippen molar-refractivity contribution in [3.05, 3.63) is 29.3 Å². The van der Waals surface area contributed by atoms with Gasteiger partial charge in [0.2, 0.25) is 0 Å². The van der Waals surface area contributed by atoms with Gasteiger partial charge >= 0.3 is 0 Å². The van der Waals surface area contributed by atoms with Crippen LogP contribution < -0.4 is 10.6 Å². The standard InChI is InChI=1S/C13H20N2/c1-10(2)14-7-5-11-3-4-12-6-8-15-13(12)9-11/h3-4,9-10,14-15H,5-8H2,1-2H3. The highest BCUT2D eigenvalue weighted by Crippen LogP contribution is 2.23. The maximum Gasteiger partial charge on any atom is 0.0376 e. The lowest BCUT2D eigenvalue weighted by Crippen LogP contribution is -2.24. The van der Waals surface area contributed by atoms with Crippen molar-refractivity contribution < 1.29 is 0 Å². The van der Waals surface area contributed by atoms with Crippen LogP contribution in [0.15, 0.2) is 18.2 Å². The summed E-state index contributed by atoms with van der Waals surface area (Å²) in [7, 11) is 0. The Bertz CT molecular complexity index is 331. The normalized spacial score (nSPS) is 14.1. The lowest BCUT2D eigenvalue weighted by Gasteiger charge is -2.09. The number of hydrogen-bond donors (Lipinski definition) is 2. The van der Waals surface area contributed by atoms with Crippen molar-refractivity contribution in [3.8, 4) is 0 Å². The number of rotatable bonds is 4. The van der Waals surface area contributed by atoms with Gasteiger partial charge in [-0.3, -0.25) is 0 Å². The van der Waals surface area contributed by atoms with Gasteiger partial charge in [-0.1, -0.05) is 26.0 Å². The number of anilines is 1. The second kappa shape index (κ2) is 4.67. The average Bonchev–Trinajstić information content (AvgIpc) is 2.64. The molecule has 0 bridgehead atoms. The van der Waals surface area contributed by atoms with Crippen LogP contribution in [0.4, 0.5) is 5.69 Å². The van der Waals surface area contributed by atoms with Crippen LogP contribution in [0.2, 0.25) is 0 Å². The average molecular weight is 204 g/mol. The minimum Gasteiger partial charge on any atom is -0.384 e. The molecule has 0 saturated heterocycles. The van der Waals surface area contributed by atoms with E-state index in [1.165, 1.54) is 23.2 Å². The summed E-state index contributed by atoms with van der Waals surface area (Å²) in [6.07, 6.45) is 2.30. The predicted molar refractivity (Wildman–Crippen MR) is 65.5 cm³/mol. The molecular weight excluding hydrogens is 184 g/mol. The molecule has 0 spiro atoms. The number of hydrogen-bond acceptors (Lipinski definition) is 2. The van der Waals surface area contributed by atoms with E-state index >= 15 is 0 Å². The largest absolute Gasteiger partial charge is 0.384 e. The Hall–Kier alpha value is -1.02. The summed E-state index contributed by atoms with van der Waals surface area (Å²) in [6, 6.07) is 7.40. The molecule has 0 radical (unpaired) electrons. The van der Waals surface area contributed by atoms with E-state index in [2.05, 4.69) is 42.7 Å². The molecule has 0 aliphatic carbocycles. The van der Waals surface area contributed by atoms with Gasteiger partial charge in [0.05, 0.1) is 0 Å². The van der Waals surface area contributed by atoms with Crippen LogP contribution in [0.3, 0.4) is 0 Å². The Morgan fingerprint density at radius 2 is 2.27 bits per heavy atom. The molecule has 0 fully saturated rings. The zero-order valence-corrected chi connectivity index (χ0v) is 9.64. The van der Waals surface area contributed by atoms with Crippen LogP contribution in [0, 0.1) is 0 Å². The zero-order chi connectivity index (χ0) is 10.7. The Labute approximate surface area is 92.1 Å². The van der Waals surface area contributed by atoms with Crippen LogP contribution in [0.25, 0.3) is 0 Å². The third-order valence-corrected chi connectivity index (χ3v) is 2.85. The molecule has 0 aromatic heterocycles. The van der Waals surface area contributed by atoms with Gasteiger partial charge < -0.3 is 10.6 Å². The number of benzene rings is 1. The fraction of sp³-hybridized carbons (Fsp3) is 0.538. The fourth-order valence-electron chi connectivity index (χ4n) is 2.00. The summed E-state index contributed by atoms with van der Waals surface area (Å²) in [5.41, 5.74) is 4.24. The van der Waals surface area contributed by atoms with Crippen LogP contribution in [-0.4, -0.2) is 19.1 Å². The molecule has 15 heavy (non-hydrogen) atoms. The molecule has 2 heteroatoms. The minimum absolute atomic E-state index is 0.581. The SMILES string of the molecule is CC(C)NCCc1ccc2c(c1)NCC2. The van der Waals surface area contributed by atoms with Crippen LogP contribution in [-0.2, 0) is 12.8 Å². The summed E-state index contributed by atoms with van der Waals surface area (Å²) in [6.45, 7) is 6.54. The van der Waals surface area contributed by atoms with Crippen LogP contribution in [0.5, 0.6) is 0 Å². The van der Waals surface area contributed by atoms with Gasteiger partial charge in [-0.2, -0.15) is 0 Å². The van der Waals surface area contributed by atoms with Crippen LogP contribution >= 0.6 is 0 Å². The zero-order valence-electron chi connectivity index (χ0n) is 9.64. The first-order chi connectivity index (χ1) is 7.25. The van der Waals surface area contributed by atoms with E-state index in [-0.39, 0.29) is 0 Å². The maximum atomic E-state index is 3.44. The molecule has 1 aliphatic rings. The molecule has 1 aromatic carbocycles. The molecule has 82 valence electrons. The topological polar surface area (TPSA) is 24.1 Å². The summed E-state index contributed by atoms with van der Waals surface area (Å²) >= 11 is 0. The summed E-state index contributed by atoms with van der Waals surface area (Å²) in [5, 5.41) is 6.86. The molecule has 2 rings (SSSR count). The van der Waals surface area contributed by atoms with E-state index in [4.69, 9.17) is 0 Å². The maximum absolute atomic E-state index is 3.44. The molecule has 0 saturated carbocycles. The Balaban J connectivity index is 1.92. The fourth-order valence-corrected chi connectivity index (χ4v) is 2.00. The van der Waals surface area contributed by atoms with Crippen molar-refractivity contribution >= 4 is 5.69 Å². The van der Waals surface area contributed by atoms with Crippen molar-refractivity contribution in [2.24, 2.45) is 0 Å². The van der Waals surface area contributed by atoms with E-state index in [0.29, 0.717) is 6.04 Å².